The van der Waals surface area contributed by atoms with Crippen molar-refractivity contribution in [2.75, 3.05) is 13.1 Å². The molecule has 0 aromatic heterocycles. The van der Waals surface area contributed by atoms with Crippen molar-refractivity contribution in [2.45, 2.75) is 24.4 Å². The van der Waals surface area contributed by atoms with Crippen LogP contribution in [0.2, 0.25) is 0 Å². The number of nitrogens with zero attached hydrogens (tertiary/aromatic N) is 2. The standard InChI is InChI=1S/C34H30N2O2/c37-32-28-18-10-11-19-29(28)33(38)36(32)31-21-20-24-22-35(23-30(24)31)34(25-12-4-1-5-13-25,26-14-6-2-7-15-26)27-16-8-3-9-17-27/h1-19,24,30-31H,20-23H2/t24-,30-,31-/m0/s1. The maximum atomic E-state index is 13.4. The molecule has 188 valence electrons. The van der Waals surface area contributed by atoms with E-state index in [2.05, 4.69) is 95.9 Å². The number of fused-ring (bicyclic) bond motifs is 2. The van der Waals surface area contributed by atoms with Crippen molar-refractivity contribution in [1.82, 2.24) is 9.80 Å². The van der Waals surface area contributed by atoms with Crippen LogP contribution in [0.3, 0.4) is 0 Å². The van der Waals surface area contributed by atoms with Gasteiger partial charge >= 0.3 is 0 Å². The fraction of sp³-hybridized carbons (Fsp3) is 0.235. The summed E-state index contributed by atoms with van der Waals surface area (Å²) in [6.07, 6.45) is 1.90. The van der Waals surface area contributed by atoms with Crippen molar-refractivity contribution in [3.05, 3.63) is 143 Å². The number of imide groups is 1. The highest BCUT2D eigenvalue weighted by atomic mass is 16.2. The molecule has 0 bridgehead atoms. The van der Waals surface area contributed by atoms with Crippen LogP contribution in [0.4, 0.5) is 0 Å². The normalized spacial score (nSPS) is 23.1. The molecule has 2 aliphatic heterocycles. The predicted octanol–water partition coefficient (Wildman–Crippen LogP) is 5.99. The first kappa shape index (κ1) is 23.1. The average molecular weight is 499 g/mol. The highest BCUT2D eigenvalue weighted by Crippen LogP contribution is 2.50. The molecule has 0 N–H and O–H groups in total. The summed E-state index contributed by atoms with van der Waals surface area (Å²) in [5.41, 5.74) is 4.31. The second-order valence-corrected chi connectivity index (χ2v) is 10.8. The first-order valence-electron chi connectivity index (χ1n) is 13.6. The minimum Gasteiger partial charge on any atom is -0.285 e. The average Bonchev–Trinajstić information content (AvgIpc) is 3.64. The summed E-state index contributed by atoms with van der Waals surface area (Å²) in [5, 5.41) is 0. The topological polar surface area (TPSA) is 40.6 Å². The Morgan fingerprint density at radius 3 is 1.47 bits per heavy atom. The Labute approximate surface area is 223 Å². The smallest absolute Gasteiger partial charge is 0.261 e. The van der Waals surface area contributed by atoms with Crippen molar-refractivity contribution in [2.24, 2.45) is 11.8 Å². The summed E-state index contributed by atoms with van der Waals surface area (Å²) in [7, 11) is 0. The van der Waals surface area contributed by atoms with Crippen LogP contribution in [0.15, 0.2) is 115 Å². The number of amides is 2. The van der Waals surface area contributed by atoms with Crippen LogP contribution < -0.4 is 0 Å². The van der Waals surface area contributed by atoms with E-state index < -0.39 is 5.54 Å². The third-order valence-electron chi connectivity index (χ3n) is 9.03. The van der Waals surface area contributed by atoms with Crippen LogP contribution >= 0.6 is 0 Å². The summed E-state index contributed by atoms with van der Waals surface area (Å²) in [6, 6.07) is 39.5. The third kappa shape index (κ3) is 3.33. The van der Waals surface area contributed by atoms with Gasteiger partial charge in [0, 0.05) is 19.1 Å². The van der Waals surface area contributed by atoms with Gasteiger partial charge < -0.3 is 0 Å². The molecular weight excluding hydrogens is 468 g/mol. The molecule has 38 heavy (non-hydrogen) atoms. The molecule has 1 aliphatic carbocycles. The van der Waals surface area contributed by atoms with Crippen molar-refractivity contribution >= 4 is 11.8 Å². The molecule has 0 radical (unpaired) electrons. The van der Waals surface area contributed by atoms with E-state index in [1.807, 2.05) is 12.1 Å². The maximum absolute atomic E-state index is 13.4. The number of hydrogen-bond donors (Lipinski definition) is 0. The highest BCUT2D eigenvalue weighted by molar-refractivity contribution is 6.21. The van der Waals surface area contributed by atoms with Gasteiger partial charge in [-0.1, -0.05) is 103 Å². The maximum Gasteiger partial charge on any atom is 0.261 e. The molecule has 0 unspecified atom stereocenters. The van der Waals surface area contributed by atoms with Gasteiger partial charge in [-0.05, 0) is 53.5 Å². The quantitative estimate of drug-likeness (QED) is 0.251. The molecule has 7 rings (SSSR count). The van der Waals surface area contributed by atoms with Gasteiger partial charge in [0.1, 0.15) is 0 Å². The Kier molecular flexibility index (Phi) is 5.52. The molecule has 3 atom stereocenters. The second-order valence-electron chi connectivity index (χ2n) is 10.8. The first-order chi connectivity index (χ1) is 18.7. The lowest BCUT2D eigenvalue weighted by Gasteiger charge is -2.44. The number of carbonyl (C=O) groups excluding carboxylic acids is 2. The SMILES string of the molecule is O=C1c2ccccc2C(=O)N1[C@H]1CC[C@H]2CN(C(c3ccccc3)(c3ccccc3)c3ccccc3)C[C@@H]21. The largest absolute Gasteiger partial charge is 0.285 e. The molecule has 4 aromatic carbocycles. The van der Waals surface area contributed by atoms with Gasteiger partial charge in [-0.3, -0.25) is 19.4 Å². The Balaban J connectivity index is 1.32. The minimum absolute atomic E-state index is 0.0718. The summed E-state index contributed by atoms with van der Waals surface area (Å²) in [4.78, 5) is 31.0. The Morgan fingerprint density at radius 1 is 0.553 bits per heavy atom. The first-order valence-corrected chi connectivity index (χ1v) is 13.6. The Bertz CT molecular complexity index is 1350. The van der Waals surface area contributed by atoms with Crippen molar-refractivity contribution in [3.63, 3.8) is 0 Å². The van der Waals surface area contributed by atoms with Gasteiger partial charge in [-0.15, -0.1) is 0 Å². The van der Waals surface area contributed by atoms with Crippen LogP contribution in [0, 0.1) is 11.8 Å². The van der Waals surface area contributed by atoms with Gasteiger partial charge in [0.25, 0.3) is 11.8 Å². The molecule has 2 amide bonds. The van der Waals surface area contributed by atoms with Crippen molar-refractivity contribution < 1.29 is 9.59 Å². The van der Waals surface area contributed by atoms with Gasteiger partial charge in [0.2, 0.25) is 0 Å². The van der Waals surface area contributed by atoms with Crippen LogP contribution in [-0.2, 0) is 5.54 Å². The molecule has 2 fully saturated rings. The molecule has 3 aliphatic rings. The molecular formula is C34H30N2O2. The van der Waals surface area contributed by atoms with Crippen LogP contribution in [0.1, 0.15) is 50.2 Å². The van der Waals surface area contributed by atoms with Crippen molar-refractivity contribution in [1.29, 1.82) is 0 Å². The zero-order valence-electron chi connectivity index (χ0n) is 21.2. The Morgan fingerprint density at radius 2 is 1.00 bits per heavy atom. The number of carbonyl (C=O) groups is 2. The van der Waals surface area contributed by atoms with Crippen molar-refractivity contribution in [3.8, 4) is 0 Å². The lowest BCUT2D eigenvalue weighted by atomic mass is 9.75. The summed E-state index contributed by atoms with van der Waals surface area (Å²) in [6.45, 7) is 1.74. The van der Waals surface area contributed by atoms with E-state index in [0.717, 1.165) is 25.9 Å². The monoisotopic (exact) mass is 498 g/mol. The molecule has 0 spiro atoms. The van der Waals surface area contributed by atoms with E-state index in [0.29, 0.717) is 17.0 Å². The van der Waals surface area contributed by atoms with E-state index in [4.69, 9.17) is 0 Å². The van der Waals surface area contributed by atoms with E-state index in [1.54, 1.807) is 17.0 Å². The van der Waals surface area contributed by atoms with Crippen LogP contribution in [0.5, 0.6) is 0 Å². The predicted molar refractivity (Wildman–Crippen MR) is 148 cm³/mol. The third-order valence-corrected chi connectivity index (χ3v) is 9.03. The fourth-order valence-electron chi connectivity index (χ4n) is 7.43. The number of hydrogen-bond acceptors (Lipinski definition) is 3. The highest BCUT2D eigenvalue weighted by Gasteiger charge is 2.54. The lowest BCUT2D eigenvalue weighted by Crippen LogP contribution is -2.49. The van der Waals surface area contributed by atoms with E-state index in [9.17, 15) is 9.59 Å². The number of benzene rings is 4. The van der Waals surface area contributed by atoms with Crippen LogP contribution in [-0.4, -0.2) is 40.7 Å². The molecule has 4 aromatic rings. The van der Waals surface area contributed by atoms with E-state index in [-0.39, 0.29) is 23.8 Å². The molecule has 4 heteroatoms. The lowest BCUT2D eigenvalue weighted by molar-refractivity contribution is 0.0536. The molecule has 1 saturated carbocycles. The zero-order chi connectivity index (χ0) is 25.7. The van der Waals surface area contributed by atoms with Gasteiger partial charge in [0.15, 0.2) is 0 Å². The molecule has 4 nitrogen and oxygen atoms in total. The van der Waals surface area contributed by atoms with Gasteiger partial charge in [0.05, 0.1) is 16.7 Å². The molecule has 1 saturated heterocycles. The van der Waals surface area contributed by atoms with Crippen LogP contribution in [0.25, 0.3) is 0 Å². The zero-order valence-corrected chi connectivity index (χ0v) is 21.2. The number of likely N-dealkylation sites (tertiary alicyclic amines) is 1. The summed E-state index contributed by atoms with van der Waals surface area (Å²) >= 11 is 0. The Hall–Kier alpha value is -4.02. The van der Waals surface area contributed by atoms with Gasteiger partial charge in [-0.2, -0.15) is 0 Å². The fourth-order valence-corrected chi connectivity index (χ4v) is 7.43. The number of rotatable bonds is 5. The van der Waals surface area contributed by atoms with E-state index >= 15 is 0 Å². The molecule has 2 heterocycles. The van der Waals surface area contributed by atoms with Gasteiger partial charge in [-0.25, -0.2) is 0 Å². The van der Waals surface area contributed by atoms with E-state index in [1.165, 1.54) is 16.7 Å². The minimum atomic E-state index is -0.472. The second kappa shape index (κ2) is 9.07. The summed E-state index contributed by atoms with van der Waals surface area (Å²) in [5.74, 6) is 0.415. The summed E-state index contributed by atoms with van der Waals surface area (Å²) < 4.78 is 0.